The first-order valence-electron chi connectivity index (χ1n) is 6.76. The van der Waals surface area contributed by atoms with Crippen LogP contribution in [0.2, 0.25) is 0 Å². The lowest BCUT2D eigenvalue weighted by Crippen LogP contribution is -2.10. The molecule has 22 heavy (non-hydrogen) atoms. The summed E-state index contributed by atoms with van der Waals surface area (Å²) in [6.45, 7) is 0.486. The molecule has 0 aliphatic carbocycles. The Morgan fingerprint density at radius 1 is 1.32 bits per heavy atom. The first-order valence-corrected chi connectivity index (χ1v) is 6.76. The molecule has 2 aromatic heterocycles. The topological polar surface area (TPSA) is 69.3 Å². The summed E-state index contributed by atoms with van der Waals surface area (Å²) >= 11 is 0. The standard InChI is InChI=1S/C16H15N3O3/c1-21-13-5-2-4-12(10-13)18-16(20)15-7-6-14(22-15)11-19-9-3-8-17-19/h2-10H,11H2,1H3,(H,18,20). The molecule has 0 saturated carbocycles. The zero-order chi connectivity index (χ0) is 15.4. The van der Waals surface area contributed by atoms with Crippen molar-refractivity contribution in [1.29, 1.82) is 0 Å². The largest absolute Gasteiger partial charge is 0.497 e. The fraction of sp³-hybridized carbons (Fsp3) is 0.125. The number of benzene rings is 1. The zero-order valence-corrected chi connectivity index (χ0v) is 12.0. The number of amides is 1. The van der Waals surface area contributed by atoms with Crippen LogP contribution >= 0.6 is 0 Å². The number of carbonyl (C=O) groups excluding carboxylic acids is 1. The lowest BCUT2D eigenvalue weighted by atomic mass is 10.3. The van der Waals surface area contributed by atoms with Gasteiger partial charge in [-0.15, -0.1) is 0 Å². The normalized spacial score (nSPS) is 10.4. The van der Waals surface area contributed by atoms with Gasteiger partial charge in [-0.05, 0) is 30.3 Å². The van der Waals surface area contributed by atoms with Crippen molar-refractivity contribution in [3.8, 4) is 5.75 Å². The highest BCUT2D eigenvalue weighted by atomic mass is 16.5. The number of aromatic nitrogens is 2. The Bertz CT molecular complexity index is 763. The van der Waals surface area contributed by atoms with Crippen LogP contribution < -0.4 is 10.1 Å². The Kier molecular flexibility index (Phi) is 3.91. The number of nitrogens with zero attached hydrogens (tertiary/aromatic N) is 2. The summed E-state index contributed by atoms with van der Waals surface area (Å²) in [6, 6.07) is 12.4. The Hall–Kier alpha value is -3.02. The van der Waals surface area contributed by atoms with Crippen LogP contribution in [0.25, 0.3) is 0 Å². The van der Waals surface area contributed by atoms with Gasteiger partial charge in [0.15, 0.2) is 5.76 Å². The molecular weight excluding hydrogens is 282 g/mol. The Morgan fingerprint density at radius 3 is 3.00 bits per heavy atom. The minimum Gasteiger partial charge on any atom is -0.497 e. The highest BCUT2D eigenvalue weighted by Crippen LogP contribution is 2.18. The minimum absolute atomic E-state index is 0.255. The van der Waals surface area contributed by atoms with Gasteiger partial charge in [0, 0.05) is 24.1 Å². The van der Waals surface area contributed by atoms with Gasteiger partial charge in [0.05, 0.1) is 13.7 Å². The molecule has 1 N–H and O–H groups in total. The molecule has 0 atom stereocenters. The molecule has 0 bridgehead atoms. The van der Waals surface area contributed by atoms with Gasteiger partial charge in [-0.2, -0.15) is 5.10 Å². The van der Waals surface area contributed by atoms with E-state index in [1.807, 2.05) is 18.3 Å². The highest BCUT2D eigenvalue weighted by molar-refractivity contribution is 6.02. The quantitative estimate of drug-likeness (QED) is 0.786. The molecule has 3 aromatic rings. The van der Waals surface area contributed by atoms with E-state index in [4.69, 9.17) is 9.15 Å². The van der Waals surface area contributed by atoms with Gasteiger partial charge in [0.2, 0.25) is 0 Å². The number of rotatable bonds is 5. The maximum Gasteiger partial charge on any atom is 0.291 e. The third-order valence-electron chi connectivity index (χ3n) is 3.09. The summed E-state index contributed by atoms with van der Waals surface area (Å²) in [5, 5.41) is 6.86. The highest BCUT2D eigenvalue weighted by Gasteiger charge is 2.12. The molecule has 112 valence electrons. The van der Waals surface area contributed by atoms with Crippen LogP contribution in [-0.4, -0.2) is 22.8 Å². The van der Waals surface area contributed by atoms with Gasteiger partial charge >= 0.3 is 0 Å². The first-order chi connectivity index (χ1) is 10.7. The molecule has 1 aromatic carbocycles. The van der Waals surface area contributed by atoms with Crippen LogP contribution in [0, 0.1) is 0 Å². The van der Waals surface area contributed by atoms with E-state index >= 15 is 0 Å². The first kappa shape index (κ1) is 13.9. The number of furan rings is 1. The third kappa shape index (κ3) is 3.17. The summed E-state index contributed by atoms with van der Waals surface area (Å²) < 4.78 is 12.4. The van der Waals surface area contributed by atoms with Crippen LogP contribution in [0.5, 0.6) is 5.75 Å². The molecule has 0 aliphatic rings. The van der Waals surface area contributed by atoms with Crippen LogP contribution in [0.3, 0.4) is 0 Å². The number of nitrogens with one attached hydrogen (secondary N) is 1. The van der Waals surface area contributed by atoms with E-state index < -0.39 is 0 Å². The van der Waals surface area contributed by atoms with Crippen LogP contribution in [-0.2, 0) is 6.54 Å². The average Bonchev–Trinajstić information content (AvgIpc) is 3.20. The molecule has 2 heterocycles. The molecule has 3 rings (SSSR count). The monoisotopic (exact) mass is 297 g/mol. The summed E-state index contributed by atoms with van der Waals surface area (Å²) in [6.07, 6.45) is 3.53. The lowest BCUT2D eigenvalue weighted by Gasteiger charge is -2.05. The van der Waals surface area contributed by atoms with E-state index in [9.17, 15) is 4.79 Å². The molecule has 0 unspecified atom stereocenters. The van der Waals surface area contributed by atoms with Crippen LogP contribution in [0.15, 0.2) is 59.3 Å². The lowest BCUT2D eigenvalue weighted by molar-refractivity contribution is 0.0994. The van der Waals surface area contributed by atoms with Crippen molar-refractivity contribution in [3.05, 3.63) is 66.4 Å². The van der Waals surface area contributed by atoms with E-state index in [1.54, 1.807) is 48.3 Å². The fourth-order valence-electron chi connectivity index (χ4n) is 2.03. The molecule has 0 saturated heterocycles. The van der Waals surface area contributed by atoms with E-state index in [1.165, 1.54) is 0 Å². The SMILES string of the molecule is COc1cccc(NC(=O)c2ccc(Cn3cccn3)o2)c1. The van der Waals surface area contributed by atoms with Gasteiger partial charge < -0.3 is 14.5 Å². The number of ether oxygens (including phenoxy) is 1. The van der Waals surface area contributed by atoms with Gasteiger partial charge in [0.1, 0.15) is 11.5 Å². The Labute approximate surface area is 127 Å². The van der Waals surface area contributed by atoms with Gasteiger partial charge in [-0.3, -0.25) is 9.48 Å². The Morgan fingerprint density at radius 2 is 2.23 bits per heavy atom. The number of hydrogen-bond donors (Lipinski definition) is 1. The van der Waals surface area contributed by atoms with Crippen molar-refractivity contribution in [2.24, 2.45) is 0 Å². The number of methoxy groups -OCH3 is 1. The van der Waals surface area contributed by atoms with Gasteiger partial charge in [0.25, 0.3) is 5.91 Å². The summed E-state index contributed by atoms with van der Waals surface area (Å²) in [5.41, 5.74) is 0.648. The zero-order valence-electron chi connectivity index (χ0n) is 12.0. The maximum absolute atomic E-state index is 12.2. The number of anilines is 1. The molecular formula is C16H15N3O3. The molecule has 0 fully saturated rings. The summed E-state index contributed by atoms with van der Waals surface area (Å²) in [4.78, 5) is 12.2. The van der Waals surface area contributed by atoms with Crippen LogP contribution in [0.1, 0.15) is 16.3 Å². The van der Waals surface area contributed by atoms with Gasteiger partial charge in [-0.1, -0.05) is 6.07 Å². The molecule has 0 aliphatic heterocycles. The number of hydrogen-bond acceptors (Lipinski definition) is 4. The predicted molar refractivity (Wildman–Crippen MR) is 81.0 cm³/mol. The van der Waals surface area contributed by atoms with Crippen molar-refractivity contribution < 1.29 is 13.9 Å². The smallest absolute Gasteiger partial charge is 0.291 e. The van der Waals surface area contributed by atoms with E-state index in [0.29, 0.717) is 23.7 Å². The van der Waals surface area contributed by atoms with Crippen LogP contribution in [0.4, 0.5) is 5.69 Å². The summed E-state index contributed by atoms with van der Waals surface area (Å²) in [7, 11) is 1.58. The number of carbonyl (C=O) groups is 1. The minimum atomic E-state index is -0.306. The summed E-state index contributed by atoms with van der Waals surface area (Å²) in [5.74, 6) is 1.29. The van der Waals surface area contributed by atoms with Crippen molar-refractivity contribution in [2.75, 3.05) is 12.4 Å². The van der Waals surface area contributed by atoms with Crippen molar-refractivity contribution >= 4 is 11.6 Å². The fourth-order valence-corrected chi connectivity index (χ4v) is 2.03. The van der Waals surface area contributed by atoms with E-state index in [0.717, 1.165) is 0 Å². The third-order valence-corrected chi connectivity index (χ3v) is 3.09. The van der Waals surface area contributed by atoms with Crippen molar-refractivity contribution in [2.45, 2.75) is 6.54 Å². The molecule has 6 heteroatoms. The Balaban J connectivity index is 1.68. The molecule has 1 amide bonds. The molecule has 0 spiro atoms. The van der Waals surface area contributed by atoms with Gasteiger partial charge in [-0.25, -0.2) is 0 Å². The van der Waals surface area contributed by atoms with E-state index in [-0.39, 0.29) is 11.7 Å². The predicted octanol–water partition coefficient (Wildman–Crippen LogP) is 2.79. The second-order valence-electron chi connectivity index (χ2n) is 4.66. The maximum atomic E-state index is 12.2. The van der Waals surface area contributed by atoms with Crippen molar-refractivity contribution in [3.63, 3.8) is 0 Å². The van der Waals surface area contributed by atoms with E-state index in [2.05, 4.69) is 10.4 Å². The molecule has 6 nitrogen and oxygen atoms in total. The second-order valence-corrected chi connectivity index (χ2v) is 4.66. The second kappa shape index (κ2) is 6.17. The molecule has 0 radical (unpaired) electrons. The average molecular weight is 297 g/mol. The van der Waals surface area contributed by atoms with Crippen molar-refractivity contribution in [1.82, 2.24) is 9.78 Å².